The van der Waals surface area contributed by atoms with E-state index in [9.17, 15) is 21.9 Å². The van der Waals surface area contributed by atoms with E-state index in [2.05, 4.69) is 25.2 Å². The molecule has 0 bridgehead atoms. The van der Waals surface area contributed by atoms with E-state index in [4.69, 9.17) is 4.52 Å². The van der Waals surface area contributed by atoms with Gasteiger partial charge in [-0.1, -0.05) is 35.5 Å². The normalized spacial score (nSPS) is 12.6. The number of nitrogens with one attached hydrogen (secondary N) is 2. The average Bonchev–Trinajstić information content (AvgIpc) is 3.48. The number of sulfonamides is 1. The van der Waals surface area contributed by atoms with Crippen LogP contribution in [0.5, 0.6) is 0 Å². The zero-order valence-corrected chi connectivity index (χ0v) is 25.4. The Kier molecular flexibility index (Phi) is 9.49. The van der Waals surface area contributed by atoms with E-state index in [1.807, 2.05) is 18.2 Å². The number of benzene rings is 3. The van der Waals surface area contributed by atoms with Gasteiger partial charge in [-0.25, -0.2) is 16.8 Å². The number of sulfone groups is 1. The summed E-state index contributed by atoms with van der Waals surface area (Å²) in [6.45, 7) is 1.05. The summed E-state index contributed by atoms with van der Waals surface area (Å²) >= 11 is 0. The predicted molar refractivity (Wildman–Crippen MR) is 165 cm³/mol. The van der Waals surface area contributed by atoms with Gasteiger partial charge in [-0.3, -0.25) is 9.71 Å². The minimum absolute atomic E-state index is 0.0800. The van der Waals surface area contributed by atoms with Crippen LogP contribution < -0.4 is 10.0 Å². The van der Waals surface area contributed by atoms with E-state index in [0.29, 0.717) is 48.9 Å². The highest BCUT2D eigenvalue weighted by atomic mass is 32.2. The van der Waals surface area contributed by atoms with Crippen molar-refractivity contribution < 1.29 is 26.5 Å². The quantitative estimate of drug-likeness (QED) is 0.163. The Morgan fingerprint density at radius 2 is 1.55 bits per heavy atom. The molecule has 228 valence electrons. The summed E-state index contributed by atoms with van der Waals surface area (Å²) in [7, 11) is -7.11. The van der Waals surface area contributed by atoms with Crippen LogP contribution in [0.25, 0.3) is 11.4 Å². The van der Waals surface area contributed by atoms with Gasteiger partial charge in [0, 0.05) is 42.0 Å². The van der Waals surface area contributed by atoms with E-state index in [0.717, 1.165) is 22.9 Å². The first-order valence-electron chi connectivity index (χ1n) is 13.7. The molecule has 5 aromatic rings. The van der Waals surface area contributed by atoms with Crippen molar-refractivity contribution in [2.24, 2.45) is 0 Å². The maximum atomic E-state index is 13.0. The molecule has 5 rings (SSSR count). The molecule has 0 aliphatic heterocycles. The van der Waals surface area contributed by atoms with Crippen LogP contribution in [0.3, 0.4) is 0 Å². The zero-order valence-electron chi connectivity index (χ0n) is 23.8. The molecule has 2 aromatic heterocycles. The fraction of sp³-hybridized carbons (Fsp3) is 0.194. The van der Waals surface area contributed by atoms with Gasteiger partial charge in [-0.15, -0.1) is 0 Å². The summed E-state index contributed by atoms with van der Waals surface area (Å²) < 4.78 is 57.2. The monoisotopic (exact) mass is 633 g/mol. The number of nitrogens with zero attached hydrogens (tertiary/aromatic N) is 3. The molecular weight excluding hydrogens is 603 g/mol. The van der Waals surface area contributed by atoms with Gasteiger partial charge in [-0.2, -0.15) is 4.98 Å². The van der Waals surface area contributed by atoms with Gasteiger partial charge in [0.2, 0.25) is 11.7 Å². The summed E-state index contributed by atoms with van der Waals surface area (Å²) in [5.74, 6) is 0.647. The predicted octanol–water partition coefficient (Wildman–Crippen LogP) is 3.79. The number of pyridine rings is 1. The summed E-state index contributed by atoms with van der Waals surface area (Å²) in [6, 6.07) is 23.3. The van der Waals surface area contributed by atoms with Crippen LogP contribution in [0.1, 0.15) is 28.7 Å². The molecule has 0 amide bonds. The highest BCUT2D eigenvalue weighted by Gasteiger charge is 2.16. The van der Waals surface area contributed by atoms with Crippen LogP contribution in [0.4, 0.5) is 5.69 Å². The molecule has 1 atom stereocenters. The summed E-state index contributed by atoms with van der Waals surface area (Å²) in [4.78, 5) is 8.71. The van der Waals surface area contributed by atoms with E-state index in [1.54, 1.807) is 54.9 Å². The molecule has 0 saturated carbocycles. The molecule has 11 nitrogen and oxygen atoms in total. The van der Waals surface area contributed by atoms with Crippen LogP contribution in [-0.2, 0) is 32.7 Å². The fourth-order valence-electron chi connectivity index (χ4n) is 4.37. The van der Waals surface area contributed by atoms with E-state index < -0.39 is 26.0 Å². The minimum atomic E-state index is -3.83. The van der Waals surface area contributed by atoms with Crippen molar-refractivity contribution >= 4 is 25.5 Å². The van der Waals surface area contributed by atoms with Crippen molar-refractivity contribution in [2.45, 2.75) is 28.7 Å². The second kappa shape index (κ2) is 13.5. The lowest BCUT2D eigenvalue weighted by molar-refractivity contribution is 0.174. The Bertz CT molecular complexity index is 1900. The Balaban J connectivity index is 1.13. The second-order valence-corrected chi connectivity index (χ2v) is 13.9. The van der Waals surface area contributed by atoms with Crippen LogP contribution in [0.2, 0.25) is 0 Å². The van der Waals surface area contributed by atoms with Crippen molar-refractivity contribution in [3.63, 3.8) is 0 Å². The zero-order chi connectivity index (χ0) is 31.2. The summed E-state index contributed by atoms with van der Waals surface area (Å²) in [5, 5.41) is 17.4. The number of aliphatic hydroxyl groups excluding tert-OH is 1. The maximum absolute atomic E-state index is 13.0. The molecule has 0 aliphatic rings. The minimum Gasteiger partial charge on any atom is -0.387 e. The largest absolute Gasteiger partial charge is 0.387 e. The number of hydrogen-bond donors (Lipinski definition) is 3. The van der Waals surface area contributed by atoms with Crippen molar-refractivity contribution in [1.29, 1.82) is 0 Å². The van der Waals surface area contributed by atoms with E-state index in [-0.39, 0.29) is 9.79 Å². The van der Waals surface area contributed by atoms with Gasteiger partial charge in [0.25, 0.3) is 10.0 Å². The maximum Gasteiger partial charge on any atom is 0.261 e. The van der Waals surface area contributed by atoms with Crippen LogP contribution >= 0.6 is 0 Å². The first-order valence-corrected chi connectivity index (χ1v) is 17.1. The molecule has 0 fully saturated rings. The Labute approximate surface area is 256 Å². The first kappa shape index (κ1) is 31.0. The highest BCUT2D eigenvalue weighted by Crippen LogP contribution is 2.22. The van der Waals surface area contributed by atoms with Gasteiger partial charge in [0.1, 0.15) is 0 Å². The van der Waals surface area contributed by atoms with Crippen LogP contribution in [0.15, 0.2) is 112 Å². The molecule has 0 spiro atoms. The Hall–Kier alpha value is -4.43. The molecule has 13 heteroatoms. The fourth-order valence-corrected chi connectivity index (χ4v) is 6.06. The van der Waals surface area contributed by atoms with Crippen molar-refractivity contribution in [3.05, 3.63) is 120 Å². The van der Waals surface area contributed by atoms with Crippen LogP contribution in [0, 0.1) is 0 Å². The lowest BCUT2D eigenvalue weighted by Gasteiger charge is -2.12. The number of hydrogen-bond acceptors (Lipinski definition) is 10. The standard InChI is InChI=1S/C31H31N5O6S2/c1-43(38,39)27-12-6-23(7-13-27)19-30-34-31(35-42-30)24-8-14-28(15-9-24)44(40,41)36-26-10-4-22(5-11-26)16-18-33-21-29(37)25-3-2-17-32-20-25/h2-15,17,20,29,33,36-37H,16,18-19,21H2,1H3. The average molecular weight is 634 g/mol. The van der Waals surface area contributed by atoms with Gasteiger partial charge in [-0.05, 0) is 78.7 Å². The number of aliphatic hydroxyl groups is 1. The lowest BCUT2D eigenvalue weighted by atomic mass is 10.1. The molecule has 1 unspecified atom stereocenters. The Morgan fingerprint density at radius 1 is 0.864 bits per heavy atom. The van der Waals surface area contributed by atoms with Gasteiger partial charge < -0.3 is 14.9 Å². The van der Waals surface area contributed by atoms with Crippen LogP contribution in [-0.4, -0.2) is 56.4 Å². The third-order valence-corrected chi connectivity index (χ3v) is 9.33. The third kappa shape index (κ3) is 8.14. The molecule has 3 N–H and O–H groups in total. The second-order valence-electron chi connectivity index (χ2n) is 10.2. The Morgan fingerprint density at radius 3 is 2.20 bits per heavy atom. The SMILES string of the molecule is CS(=O)(=O)c1ccc(Cc2nc(-c3ccc(S(=O)(=O)Nc4ccc(CCNCC(O)c5cccnc5)cc4)cc3)no2)cc1. The third-order valence-electron chi connectivity index (χ3n) is 6.80. The van der Waals surface area contributed by atoms with Crippen molar-refractivity contribution in [2.75, 3.05) is 24.1 Å². The van der Waals surface area contributed by atoms with Gasteiger partial charge in [0.05, 0.1) is 22.3 Å². The van der Waals surface area contributed by atoms with Gasteiger partial charge in [0.15, 0.2) is 9.84 Å². The van der Waals surface area contributed by atoms with Crippen molar-refractivity contribution in [1.82, 2.24) is 20.4 Å². The smallest absolute Gasteiger partial charge is 0.261 e. The topological polar surface area (TPSA) is 164 Å². The number of rotatable bonds is 13. The first-order chi connectivity index (χ1) is 21.1. The number of anilines is 1. The summed E-state index contributed by atoms with van der Waals surface area (Å²) in [6.07, 6.45) is 4.84. The molecule has 0 aliphatic carbocycles. The summed E-state index contributed by atoms with van der Waals surface area (Å²) in [5.41, 5.74) is 3.60. The number of aromatic nitrogens is 3. The van der Waals surface area contributed by atoms with Gasteiger partial charge >= 0.3 is 0 Å². The molecule has 0 saturated heterocycles. The lowest BCUT2D eigenvalue weighted by Crippen LogP contribution is -2.23. The molecule has 3 aromatic carbocycles. The van der Waals surface area contributed by atoms with Crippen molar-refractivity contribution in [3.8, 4) is 11.4 Å². The van der Waals surface area contributed by atoms with E-state index in [1.165, 1.54) is 24.3 Å². The highest BCUT2D eigenvalue weighted by molar-refractivity contribution is 7.92. The molecular formula is C31H31N5O6S2. The molecule has 2 heterocycles. The van der Waals surface area contributed by atoms with E-state index >= 15 is 0 Å². The molecule has 0 radical (unpaired) electrons. The molecule has 44 heavy (non-hydrogen) atoms.